The summed E-state index contributed by atoms with van der Waals surface area (Å²) < 4.78 is 11.2. The van der Waals surface area contributed by atoms with Crippen molar-refractivity contribution in [2.75, 3.05) is 19.8 Å². The van der Waals surface area contributed by atoms with E-state index in [4.69, 9.17) is 9.47 Å². The molecule has 2 aromatic rings. The Morgan fingerprint density at radius 2 is 2.00 bits per heavy atom. The van der Waals surface area contributed by atoms with E-state index in [-0.39, 0.29) is 4.87 Å². The summed E-state index contributed by atoms with van der Waals surface area (Å²) in [5, 5.41) is 5.03. The van der Waals surface area contributed by atoms with E-state index < -0.39 is 0 Å². The van der Waals surface area contributed by atoms with Gasteiger partial charge in [0.1, 0.15) is 6.61 Å². The molecule has 2 N–H and O–H groups in total. The third kappa shape index (κ3) is 4.40. The lowest BCUT2D eigenvalue weighted by Gasteiger charge is -2.11. The first-order valence-electron chi connectivity index (χ1n) is 6.51. The van der Waals surface area contributed by atoms with Crippen LogP contribution in [0.2, 0.25) is 0 Å². The Kier molecular flexibility index (Phi) is 5.64. The molecule has 0 aliphatic heterocycles. The van der Waals surface area contributed by atoms with Crippen molar-refractivity contribution < 1.29 is 9.47 Å². The van der Waals surface area contributed by atoms with E-state index in [1.54, 1.807) is 0 Å². The molecule has 2 rings (SSSR count). The van der Waals surface area contributed by atoms with Crippen LogP contribution in [-0.2, 0) is 6.54 Å². The molecule has 20 heavy (non-hydrogen) atoms. The molecule has 0 radical (unpaired) electrons. The van der Waals surface area contributed by atoms with Gasteiger partial charge in [0.15, 0.2) is 11.5 Å². The zero-order chi connectivity index (χ0) is 14.2. The van der Waals surface area contributed by atoms with Crippen molar-refractivity contribution >= 4 is 11.3 Å². The molecular formula is C14H18N2O3S. The highest BCUT2D eigenvalue weighted by molar-refractivity contribution is 7.07. The number of H-pyrrole nitrogens is 1. The van der Waals surface area contributed by atoms with E-state index in [0.717, 1.165) is 17.2 Å². The van der Waals surface area contributed by atoms with Gasteiger partial charge in [0.05, 0.1) is 6.61 Å². The normalized spacial score (nSPS) is 10.4. The highest BCUT2D eigenvalue weighted by Gasteiger charge is 2.02. The fourth-order valence-electron chi connectivity index (χ4n) is 1.70. The second-order valence-electron chi connectivity index (χ2n) is 4.08. The van der Waals surface area contributed by atoms with Crippen LogP contribution >= 0.6 is 11.3 Å². The summed E-state index contributed by atoms with van der Waals surface area (Å²) in [6, 6.07) is 7.62. The van der Waals surface area contributed by atoms with Crippen LogP contribution in [0.15, 0.2) is 34.4 Å². The van der Waals surface area contributed by atoms with Crippen LogP contribution in [-0.4, -0.2) is 24.7 Å². The van der Waals surface area contributed by atoms with E-state index in [2.05, 4.69) is 10.3 Å². The van der Waals surface area contributed by atoms with E-state index in [1.807, 2.05) is 36.6 Å². The number of ether oxygens (including phenoxy) is 2. The van der Waals surface area contributed by atoms with Crippen molar-refractivity contribution in [3.8, 4) is 11.5 Å². The molecule has 5 nitrogen and oxygen atoms in total. The summed E-state index contributed by atoms with van der Waals surface area (Å²) in [4.78, 5) is 13.7. The molecule has 1 aromatic carbocycles. The van der Waals surface area contributed by atoms with Gasteiger partial charge in [-0.3, -0.25) is 4.79 Å². The first-order chi connectivity index (χ1) is 9.79. The summed E-state index contributed by atoms with van der Waals surface area (Å²) in [6.07, 6.45) is 0. The van der Waals surface area contributed by atoms with Gasteiger partial charge >= 0.3 is 4.87 Å². The smallest absolute Gasteiger partial charge is 0.304 e. The predicted octanol–water partition coefficient (Wildman–Crippen LogP) is 2.00. The van der Waals surface area contributed by atoms with Gasteiger partial charge in [-0.25, -0.2) is 0 Å². The molecule has 1 aromatic heterocycles. The standard InChI is InChI=1S/C14H18N2O3S/c1-2-18-12-5-3-4-6-13(12)19-8-7-15-9-11-10-20-14(17)16-11/h3-6,10,15H,2,7-9H2,1H3,(H,16,17). The Balaban J connectivity index is 1.72. The quantitative estimate of drug-likeness (QED) is 0.731. The topological polar surface area (TPSA) is 63.4 Å². The predicted molar refractivity (Wildman–Crippen MR) is 79.8 cm³/mol. The van der Waals surface area contributed by atoms with Crippen molar-refractivity contribution in [3.63, 3.8) is 0 Å². The fourth-order valence-corrected chi connectivity index (χ4v) is 2.28. The Hall–Kier alpha value is -1.79. The largest absolute Gasteiger partial charge is 0.490 e. The fraction of sp³-hybridized carbons (Fsp3) is 0.357. The second-order valence-corrected chi connectivity index (χ2v) is 4.92. The summed E-state index contributed by atoms with van der Waals surface area (Å²) in [6.45, 7) is 4.43. The lowest BCUT2D eigenvalue weighted by atomic mass is 10.3. The Morgan fingerprint density at radius 1 is 1.25 bits per heavy atom. The third-order valence-corrected chi connectivity index (χ3v) is 3.29. The van der Waals surface area contributed by atoms with Crippen LogP contribution in [0, 0.1) is 0 Å². The zero-order valence-corrected chi connectivity index (χ0v) is 12.2. The van der Waals surface area contributed by atoms with E-state index in [9.17, 15) is 4.79 Å². The molecule has 0 aliphatic carbocycles. The van der Waals surface area contributed by atoms with Crippen LogP contribution in [0.3, 0.4) is 0 Å². The van der Waals surface area contributed by atoms with Gasteiger partial charge in [-0.15, -0.1) is 0 Å². The zero-order valence-electron chi connectivity index (χ0n) is 11.3. The van der Waals surface area contributed by atoms with Gasteiger partial charge in [-0.05, 0) is 19.1 Å². The molecule has 0 saturated heterocycles. The molecule has 0 unspecified atom stereocenters. The number of aromatic amines is 1. The van der Waals surface area contributed by atoms with Crippen LogP contribution in [0.25, 0.3) is 0 Å². The van der Waals surface area contributed by atoms with Crippen LogP contribution in [0.4, 0.5) is 0 Å². The van der Waals surface area contributed by atoms with Gasteiger partial charge in [-0.2, -0.15) is 0 Å². The molecule has 1 heterocycles. The third-order valence-electron chi connectivity index (χ3n) is 2.57. The molecule has 108 valence electrons. The molecule has 0 bridgehead atoms. The lowest BCUT2D eigenvalue weighted by Crippen LogP contribution is -2.21. The number of hydrogen-bond acceptors (Lipinski definition) is 5. The maximum absolute atomic E-state index is 11.0. The number of para-hydroxylation sites is 2. The first-order valence-corrected chi connectivity index (χ1v) is 7.39. The second kappa shape index (κ2) is 7.72. The van der Waals surface area contributed by atoms with Crippen LogP contribution < -0.4 is 19.7 Å². The summed E-state index contributed by atoms with van der Waals surface area (Å²) in [7, 11) is 0. The minimum atomic E-state index is -0.0244. The monoisotopic (exact) mass is 294 g/mol. The van der Waals surface area contributed by atoms with Crippen molar-refractivity contribution in [2.24, 2.45) is 0 Å². The summed E-state index contributed by atoms with van der Waals surface area (Å²) in [5.74, 6) is 1.51. The summed E-state index contributed by atoms with van der Waals surface area (Å²) >= 11 is 1.17. The lowest BCUT2D eigenvalue weighted by molar-refractivity contribution is 0.275. The molecule has 6 heteroatoms. The van der Waals surface area contributed by atoms with Crippen molar-refractivity contribution in [1.29, 1.82) is 0 Å². The van der Waals surface area contributed by atoms with Gasteiger partial charge in [0.2, 0.25) is 0 Å². The van der Waals surface area contributed by atoms with Gasteiger partial charge in [-0.1, -0.05) is 23.5 Å². The van der Waals surface area contributed by atoms with Gasteiger partial charge in [0.25, 0.3) is 0 Å². The maximum Gasteiger partial charge on any atom is 0.304 e. The van der Waals surface area contributed by atoms with E-state index in [1.165, 1.54) is 11.3 Å². The van der Waals surface area contributed by atoms with E-state index >= 15 is 0 Å². The number of thiazole rings is 1. The summed E-state index contributed by atoms with van der Waals surface area (Å²) in [5.41, 5.74) is 0.898. The molecule has 0 aliphatic rings. The van der Waals surface area contributed by atoms with Crippen LogP contribution in [0.5, 0.6) is 11.5 Å². The van der Waals surface area contributed by atoms with Gasteiger partial charge in [0, 0.05) is 24.2 Å². The Bertz CT molecular complexity index is 580. The van der Waals surface area contributed by atoms with Crippen molar-refractivity contribution in [2.45, 2.75) is 13.5 Å². The molecular weight excluding hydrogens is 276 g/mol. The Morgan fingerprint density at radius 3 is 2.65 bits per heavy atom. The highest BCUT2D eigenvalue weighted by atomic mass is 32.1. The number of hydrogen-bond donors (Lipinski definition) is 2. The number of benzene rings is 1. The average Bonchev–Trinajstić information content (AvgIpc) is 2.86. The van der Waals surface area contributed by atoms with Gasteiger partial charge < -0.3 is 19.8 Å². The van der Waals surface area contributed by atoms with Crippen LogP contribution in [0.1, 0.15) is 12.6 Å². The minimum Gasteiger partial charge on any atom is -0.490 e. The Labute approximate surface area is 121 Å². The number of aromatic nitrogens is 1. The van der Waals surface area contributed by atoms with Crippen molar-refractivity contribution in [3.05, 3.63) is 45.0 Å². The van der Waals surface area contributed by atoms with E-state index in [0.29, 0.717) is 26.3 Å². The average molecular weight is 294 g/mol. The maximum atomic E-state index is 11.0. The minimum absolute atomic E-state index is 0.0244. The molecule has 0 atom stereocenters. The molecule has 0 fully saturated rings. The SMILES string of the molecule is CCOc1ccccc1OCCNCc1csc(=O)[nH]1. The first kappa shape index (κ1) is 14.6. The molecule has 0 amide bonds. The number of nitrogens with one attached hydrogen (secondary N) is 2. The molecule has 0 spiro atoms. The molecule has 0 saturated carbocycles. The number of rotatable bonds is 8. The van der Waals surface area contributed by atoms with Crippen molar-refractivity contribution in [1.82, 2.24) is 10.3 Å². The highest BCUT2D eigenvalue weighted by Crippen LogP contribution is 2.25.